The maximum absolute atomic E-state index is 12.3. The van der Waals surface area contributed by atoms with Gasteiger partial charge in [0.1, 0.15) is 5.39 Å². The van der Waals surface area contributed by atoms with Crippen LogP contribution >= 0.6 is 0 Å². The minimum Gasteiger partial charge on any atom is -0.396 e. The lowest BCUT2D eigenvalue weighted by Crippen LogP contribution is -2.38. The molecule has 7 nitrogen and oxygen atoms in total. The molecule has 0 aromatic carbocycles. The lowest BCUT2D eigenvalue weighted by Gasteiger charge is -2.32. The molecule has 2 aromatic rings. The number of aromatic amines is 1. The summed E-state index contributed by atoms with van der Waals surface area (Å²) in [5.74, 6) is 0.809. The second-order valence-corrected chi connectivity index (χ2v) is 6.99. The second kappa shape index (κ2) is 5.39. The van der Waals surface area contributed by atoms with Gasteiger partial charge in [-0.05, 0) is 39.5 Å². The highest BCUT2D eigenvalue weighted by Crippen LogP contribution is 2.22. The van der Waals surface area contributed by atoms with Gasteiger partial charge in [0.2, 0.25) is 5.95 Å². The molecule has 2 N–H and O–H groups in total. The molecule has 0 bridgehead atoms. The molecule has 1 aliphatic rings. The van der Waals surface area contributed by atoms with E-state index in [1.54, 1.807) is 10.9 Å². The fourth-order valence-corrected chi connectivity index (χ4v) is 2.95. The Morgan fingerprint density at radius 2 is 2.23 bits per heavy atom. The average molecular weight is 305 g/mol. The summed E-state index contributed by atoms with van der Waals surface area (Å²) in [6.45, 7) is 7.83. The minimum absolute atomic E-state index is 0.165. The fraction of sp³-hybridized carbons (Fsp3) is 0.667. The van der Waals surface area contributed by atoms with E-state index in [4.69, 9.17) is 0 Å². The predicted molar refractivity (Wildman–Crippen MR) is 85.2 cm³/mol. The number of aromatic nitrogens is 4. The summed E-state index contributed by atoms with van der Waals surface area (Å²) in [7, 11) is 0. The molecule has 0 aliphatic carbocycles. The fourth-order valence-electron chi connectivity index (χ4n) is 2.95. The molecule has 0 unspecified atom stereocenters. The molecule has 1 aliphatic heterocycles. The van der Waals surface area contributed by atoms with Gasteiger partial charge in [-0.2, -0.15) is 10.1 Å². The summed E-state index contributed by atoms with van der Waals surface area (Å²) in [6, 6.07) is 0. The van der Waals surface area contributed by atoms with E-state index < -0.39 is 0 Å². The third kappa shape index (κ3) is 2.61. The van der Waals surface area contributed by atoms with Gasteiger partial charge in [0, 0.05) is 19.7 Å². The maximum atomic E-state index is 12.3. The van der Waals surface area contributed by atoms with E-state index in [2.05, 4.69) is 15.1 Å². The van der Waals surface area contributed by atoms with Crippen molar-refractivity contribution in [1.29, 1.82) is 0 Å². The van der Waals surface area contributed by atoms with Gasteiger partial charge in [-0.15, -0.1) is 0 Å². The number of anilines is 1. The minimum atomic E-state index is -0.241. The van der Waals surface area contributed by atoms with Crippen molar-refractivity contribution >= 4 is 17.0 Å². The molecule has 22 heavy (non-hydrogen) atoms. The largest absolute Gasteiger partial charge is 0.396 e. The van der Waals surface area contributed by atoms with Crippen molar-refractivity contribution in [2.24, 2.45) is 5.92 Å². The van der Waals surface area contributed by atoms with Crippen LogP contribution in [0.5, 0.6) is 0 Å². The molecule has 0 spiro atoms. The van der Waals surface area contributed by atoms with Crippen LogP contribution in [0.1, 0.15) is 33.6 Å². The van der Waals surface area contributed by atoms with E-state index in [0.717, 1.165) is 19.4 Å². The van der Waals surface area contributed by atoms with Crippen molar-refractivity contribution in [3.05, 3.63) is 16.6 Å². The third-order valence-corrected chi connectivity index (χ3v) is 4.14. The highest BCUT2D eigenvalue weighted by atomic mass is 16.3. The Bertz CT molecular complexity index is 728. The first kappa shape index (κ1) is 15.0. The topological polar surface area (TPSA) is 87.0 Å². The first-order chi connectivity index (χ1) is 10.4. The summed E-state index contributed by atoms with van der Waals surface area (Å²) in [5, 5.41) is 14.2. The third-order valence-electron chi connectivity index (χ3n) is 4.14. The van der Waals surface area contributed by atoms with Gasteiger partial charge < -0.3 is 10.0 Å². The first-order valence-electron chi connectivity index (χ1n) is 7.74. The van der Waals surface area contributed by atoms with Crippen LogP contribution in [-0.2, 0) is 5.54 Å². The summed E-state index contributed by atoms with van der Waals surface area (Å²) in [6.07, 6.45) is 3.58. The maximum Gasteiger partial charge on any atom is 0.263 e. The van der Waals surface area contributed by atoms with Crippen molar-refractivity contribution in [3.8, 4) is 0 Å². The number of nitrogens with zero attached hydrogens (tertiary/aromatic N) is 4. The van der Waals surface area contributed by atoms with Crippen molar-refractivity contribution in [3.63, 3.8) is 0 Å². The zero-order valence-electron chi connectivity index (χ0n) is 13.3. The van der Waals surface area contributed by atoms with Gasteiger partial charge in [-0.1, -0.05) is 0 Å². The van der Waals surface area contributed by atoms with Gasteiger partial charge >= 0.3 is 0 Å². The average Bonchev–Trinajstić information content (AvgIpc) is 2.92. The van der Waals surface area contributed by atoms with Gasteiger partial charge in [-0.3, -0.25) is 9.78 Å². The molecule has 0 radical (unpaired) electrons. The van der Waals surface area contributed by atoms with Crippen molar-refractivity contribution in [1.82, 2.24) is 19.7 Å². The quantitative estimate of drug-likeness (QED) is 0.867. The Morgan fingerprint density at radius 3 is 2.91 bits per heavy atom. The predicted octanol–water partition coefficient (Wildman–Crippen LogP) is 1.08. The van der Waals surface area contributed by atoms with Gasteiger partial charge in [0.15, 0.2) is 5.65 Å². The van der Waals surface area contributed by atoms with Crippen LogP contribution in [0.15, 0.2) is 11.0 Å². The SMILES string of the molecule is CC(C)(C)n1ncc2c(=O)[nH]c(N3CCC[C@@H](CO)C3)nc21. The molecule has 2 aromatic heterocycles. The molecule has 1 saturated heterocycles. The number of H-pyrrole nitrogens is 1. The van der Waals surface area contributed by atoms with Gasteiger partial charge in [-0.25, -0.2) is 4.68 Å². The zero-order chi connectivity index (χ0) is 15.9. The Morgan fingerprint density at radius 1 is 1.45 bits per heavy atom. The number of hydrogen-bond acceptors (Lipinski definition) is 5. The summed E-state index contributed by atoms with van der Waals surface area (Å²) in [5.41, 5.74) is 0.203. The normalized spacial score (nSPS) is 19.8. The molecular weight excluding hydrogens is 282 g/mol. The van der Waals surface area contributed by atoms with E-state index in [-0.39, 0.29) is 23.6 Å². The number of aliphatic hydroxyl groups excluding tert-OH is 1. The lowest BCUT2D eigenvalue weighted by atomic mass is 9.99. The zero-order valence-corrected chi connectivity index (χ0v) is 13.3. The summed E-state index contributed by atoms with van der Waals surface area (Å²) < 4.78 is 1.79. The van der Waals surface area contributed by atoms with Crippen molar-refractivity contribution in [2.45, 2.75) is 39.2 Å². The molecule has 0 saturated carbocycles. The Kier molecular flexibility index (Phi) is 3.68. The Labute approximate surface area is 129 Å². The highest BCUT2D eigenvalue weighted by molar-refractivity contribution is 5.74. The lowest BCUT2D eigenvalue weighted by molar-refractivity contribution is 0.208. The second-order valence-electron chi connectivity index (χ2n) is 6.99. The Hall–Kier alpha value is -1.89. The van der Waals surface area contributed by atoms with E-state index >= 15 is 0 Å². The molecule has 3 heterocycles. The van der Waals surface area contributed by atoms with Crippen LogP contribution < -0.4 is 10.5 Å². The molecule has 1 fully saturated rings. The first-order valence-corrected chi connectivity index (χ1v) is 7.74. The van der Waals surface area contributed by atoms with E-state index in [9.17, 15) is 9.90 Å². The highest BCUT2D eigenvalue weighted by Gasteiger charge is 2.24. The molecule has 0 amide bonds. The van der Waals surface area contributed by atoms with E-state index in [1.807, 2.05) is 25.7 Å². The molecule has 1 atom stereocenters. The van der Waals surface area contributed by atoms with Crippen LogP contribution in [0, 0.1) is 5.92 Å². The number of nitrogens with one attached hydrogen (secondary N) is 1. The number of aliphatic hydroxyl groups is 1. The van der Waals surface area contributed by atoms with Crippen molar-refractivity contribution < 1.29 is 5.11 Å². The van der Waals surface area contributed by atoms with E-state index in [0.29, 0.717) is 23.5 Å². The van der Waals surface area contributed by atoms with Gasteiger partial charge in [0.05, 0.1) is 11.7 Å². The molecule has 120 valence electrons. The van der Waals surface area contributed by atoms with E-state index in [1.165, 1.54) is 0 Å². The number of hydrogen-bond donors (Lipinski definition) is 2. The summed E-state index contributed by atoms with van der Waals surface area (Å²) in [4.78, 5) is 21.9. The van der Waals surface area contributed by atoms with Crippen LogP contribution in [0.3, 0.4) is 0 Å². The van der Waals surface area contributed by atoms with Crippen LogP contribution in [0.25, 0.3) is 11.0 Å². The number of rotatable bonds is 2. The standard InChI is InChI=1S/C15H23N5O2/c1-15(2,3)20-12-11(7-16-20)13(22)18-14(17-12)19-6-4-5-10(8-19)9-21/h7,10,21H,4-6,8-9H2,1-3H3,(H,17,18,22)/t10-/m1/s1. The molecular formula is C15H23N5O2. The van der Waals surface area contributed by atoms with Crippen LogP contribution in [0.4, 0.5) is 5.95 Å². The number of fused-ring (bicyclic) bond motifs is 1. The Balaban J connectivity index is 2.06. The smallest absolute Gasteiger partial charge is 0.263 e. The van der Waals surface area contributed by atoms with Gasteiger partial charge in [0.25, 0.3) is 5.56 Å². The van der Waals surface area contributed by atoms with Crippen LogP contribution in [0.2, 0.25) is 0 Å². The molecule has 3 rings (SSSR count). The summed E-state index contributed by atoms with van der Waals surface area (Å²) >= 11 is 0. The van der Waals surface area contributed by atoms with Crippen molar-refractivity contribution in [2.75, 3.05) is 24.6 Å². The van der Waals surface area contributed by atoms with Crippen LogP contribution in [-0.4, -0.2) is 44.6 Å². The monoisotopic (exact) mass is 305 g/mol. The number of piperidine rings is 1. The molecule has 7 heteroatoms.